The molecule has 2 aromatic carbocycles. The third-order valence-electron chi connectivity index (χ3n) is 5.58. The van der Waals surface area contributed by atoms with Crippen LogP contribution < -0.4 is 5.32 Å². The van der Waals surface area contributed by atoms with Gasteiger partial charge in [0.05, 0.1) is 0 Å². The van der Waals surface area contributed by atoms with E-state index in [1.54, 1.807) is 0 Å². The van der Waals surface area contributed by atoms with Crippen LogP contribution in [0.2, 0.25) is 5.02 Å². The SMILES string of the molecule is CCN(C(=O)c1cc2ccccc2[nH]1)C1CCC=C(NCc2ccc(Cl)cc2)C1. The topological polar surface area (TPSA) is 48.1 Å². The van der Waals surface area contributed by atoms with Crippen LogP contribution in [0.5, 0.6) is 0 Å². The van der Waals surface area contributed by atoms with Crippen molar-refractivity contribution >= 4 is 28.4 Å². The Morgan fingerprint density at radius 3 is 2.76 bits per heavy atom. The summed E-state index contributed by atoms with van der Waals surface area (Å²) in [4.78, 5) is 18.5. The van der Waals surface area contributed by atoms with Gasteiger partial charge >= 0.3 is 0 Å². The summed E-state index contributed by atoms with van der Waals surface area (Å²) in [5.74, 6) is 0.0765. The van der Waals surface area contributed by atoms with Crippen LogP contribution in [0.1, 0.15) is 42.2 Å². The lowest BCUT2D eigenvalue weighted by Gasteiger charge is -2.34. The Morgan fingerprint density at radius 2 is 2.00 bits per heavy atom. The molecule has 0 saturated heterocycles. The van der Waals surface area contributed by atoms with Gasteiger partial charge in [0.2, 0.25) is 0 Å². The normalized spacial score (nSPS) is 16.5. The molecule has 4 nitrogen and oxygen atoms in total. The van der Waals surface area contributed by atoms with Crippen molar-refractivity contribution < 1.29 is 4.79 Å². The minimum Gasteiger partial charge on any atom is -0.384 e. The molecule has 2 N–H and O–H groups in total. The third kappa shape index (κ3) is 4.48. The second-order valence-corrected chi connectivity index (χ2v) is 7.94. The average Bonchev–Trinajstić information content (AvgIpc) is 3.18. The fourth-order valence-corrected chi connectivity index (χ4v) is 4.15. The highest BCUT2D eigenvalue weighted by molar-refractivity contribution is 6.30. The lowest BCUT2D eigenvalue weighted by Crippen LogP contribution is -2.42. The molecule has 0 radical (unpaired) electrons. The molecular formula is C24H26ClN3O. The Kier molecular flexibility index (Phi) is 5.91. The number of amides is 1. The number of nitrogens with zero attached hydrogens (tertiary/aromatic N) is 1. The molecule has 1 unspecified atom stereocenters. The number of nitrogens with one attached hydrogen (secondary N) is 2. The second-order valence-electron chi connectivity index (χ2n) is 7.51. The van der Waals surface area contributed by atoms with Gasteiger partial charge in [0.25, 0.3) is 5.91 Å². The highest BCUT2D eigenvalue weighted by Gasteiger charge is 2.27. The first-order valence-corrected chi connectivity index (χ1v) is 10.6. The van der Waals surface area contributed by atoms with Crippen LogP contribution in [0.3, 0.4) is 0 Å². The lowest BCUT2D eigenvalue weighted by molar-refractivity contribution is 0.0669. The van der Waals surface area contributed by atoms with E-state index in [1.165, 1.54) is 11.3 Å². The van der Waals surface area contributed by atoms with E-state index in [0.29, 0.717) is 12.2 Å². The molecule has 0 spiro atoms. The zero-order valence-corrected chi connectivity index (χ0v) is 17.4. The van der Waals surface area contributed by atoms with E-state index in [-0.39, 0.29) is 11.9 Å². The van der Waals surface area contributed by atoms with Gasteiger partial charge < -0.3 is 15.2 Å². The first-order valence-electron chi connectivity index (χ1n) is 10.2. The number of allylic oxidation sites excluding steroid dienone is 1. The number of hydrogen-bond acceptors (Lipinski definition) is 2. The fraction of sp³-hybridized carbons (Fsp3) is 0.292. The van der Waals surface area contributed by atoms with Gasteiger partial charge in [-0.2, -0.15) is 0 Å². The maximum atomic E-state index is 13.2. The van der Waals surface area contributed by atoms with Crippen LogP contribution in [-0.2, 0) is 6.54 Å². The van der Waals surface area contributed by atoms with Crippen molar-refractivity contribution in [2.24, 2.45) is 0 Å². The lowest BCUT2D eigenvalue weighted by atomic mass is 9.96. The minimum atomic E-state index is 0.0765. The van der Waals surface area contributed by atoms with Gasteiger partial charge in [-0.1, -0.05) is 48.0 Å². The second kappa shape index (κ2) is 8.75. The van der Waals surface area contributed by atoms with Crippen LogP contribution in [0.4, 0.5) is 0 Å². The predicted octanol–water partition coefficient (Wildman–Crippen LogP) is 5.51. The van der Waals surface area contributed by atoms with E-state index in [4.69, 9.17) is 11.6 Å². The number of H-pyrrole nitrogens is 1. The summed E-state index contributed by atoms with van der Waals surface area (Å²) in [6, 6.07) is 18.1. The first-order chi connectivity index (χ1) is 14.1. The van der Waals surface area contributed by atoms with E-state index in [0.717, 1.165) is 41.7 Å². The molecule has 0 bridgehead atoms. The van der Waals surface area contributed by atoms with E-state index in [1.807, 2.05) is 59.5 Å². The summed E-state index contributed by atoms with van der Waals surface area (Å²) in [7, 11) is 0. The molecule has 0 aliphatic heterocycles. The number of carbonyl (C=O) groups is 1. The Balaban J connectivity index is 1.42. The zero-order valence-electron chi connectivity index (χ0n) is 16.6. The molecule has 1 heterocycles. The highest BCUT2D eigenvalue weighted by atomic mass is 35.5. The van der Waals surface area contributed by atoms with Crippen molar-refractivity contribution in [3.63, 3.8) is 0 Å². The standard InChI is InChI=1S/C24H26ClN3O/c1-2-28(24(29)23-14-18-6-3-4-9-22(18)27-23)21-8-5-7-20(15-21)26-16-17-10-12-19(25)13-11-17/h3-4,6-7,9-14,21,26-27H,2,5,8,15-16H2,1H3. The molecule has 5 heteroatoms. The van der Waals surface area contributed by atoms with Crippen LogP contribution in [0.25, 0.3) is 10.9 Å². The number of rotatable bonds is 6. The quantitative estimate of drug-likeness (QED) is 0.566. The average molecular weight is 408 g/mol. The van der Waals surface area contributed by atoms with Gasteiger partial charge in [0, 0.05) is 47.2 Å². The van der Waals surface area contributed by atoms with Gasteiger partial charge in [0.15, 0.2) is 0 Å². The van der Waals surface area contributed by atoms with Gasteiger partial charge in [-0.3, -0.25) is 4.79 Å². The number of para-hydroxylation sites is 1. The Morgan fingerprint density at radius 1 is 1.21 bits per heavy atom. The molecule has 1 aromatic heterocycles. The minimum absolute atomic E-state index is 0.0765. The van der Waals surface area contributed by atoms with E-state index in [2.05, 4.69) is 23.3 Å². The highest BCUT2D eigenvalue weighted by Crippen LogP contribution is 2.24. The Labute approximate surface area is 176 Å². The van der Waals surface area contributed by atoms with Crippen molar-refractivity contribution in [3.05, 3.63) is 82.7 Å². The summed E-state index contributed by atoms with van der Waals surface area (Å²) < 4.78 is 0. The van der Waals surface area contributed by atoms with Crippen molar-refractivity contribution in [1.29, 1.82) is 0 Å². The molecule has 29 heavy (non-hydrogen) atoms. The fourth-order valence-electron chi connectivity index (χ4n) is 4.03. The molecule has 1 atom stereocenters. The molecular weight excluding hydrogens is 382 g/mol. The third-order valence-corrected chi connectivity index (χ3v) is 5.83. The van der Waals surface area contributed by atoms with Crippen molar-refractivity contribution in [2.45, 2.75) is 38.8 Å². The van der Waals surface area contributed by atoms with Crippen LogP contribution in [-0.4, -0.2) is 28.4 Å². The molecule has 1 aliphatic carbocycles. The predicted molar refractivity (Wildman–Crippen MR) is 119 cm³/mol. The zero-order chi connectivity index (χ0) is 20.2. The number of aromatic amines is 1. The van der Waals surface area contributed by atoms with Crippen molar-refractivity contribution in [1.82, 2.24) is 15.2 Å². The van der Waals surface area contributed by atoms with Crippen molar-refractivity contribution in [2.75, 3.05) is 6.54 Å². The van der Waals surface area contributed by atoms with Crippen LogP contribution in [0, 0.1) is 0 Å². The van der Waals surface area contributed by atoms with Gasteiger partial charge in [-0.15, -0.1) is 0 Å². The number of fused-ring (bicyclic) bond motifs is 1. The Hall–Kier alpha value is -2.72. The molecule has 0 saturated carbocycles. The smallest absolute Gasteiger partial charge is 0.270 e. The van der Waals surface area contributed by atoms with Crippen LogP contribution >= 0.6 is 11.6 Å². The summed E-state index contributed by atoms with van der Waals surface area (Å²) in [6.45, 7) is 3.51. The number of aromatic nitrogens is 1. The van der Waals surface area contributed by atoms with E-state index < -0.39 is 0 Å². The monoisotopic (exact) mass is 407 g/mol. The largest absolute Gasteiger partial charge is 0.384 e. The number of hydrogen-bond donors (Lipinski definition) is 2. The number of benzene rings is 2. The Bertz CT molecular complexity index is 989. The van der Waals surface area contributed by atoms with Gasteiger partial charge in [-0.25, -0.2) is 0 Å². The maximum absolute atomic E-state index is 13.2. The van der Waals surface area contributed by atoms with E-state index in [9.17, 15) is 4.79 Å². The molecule has 1 aliphatic rings. The summed E-state index contributed by atoms with van der Waals surface area (Å²) in [5.41, 5.74) is 4.07. The molecule has 3 aromatic rings. The van der Waals surface area contributed by atoms with Gasteiger partial charge in [0.1, 0.15) is 5.69 Å². The summed E-state index contributed by atoms with van der Waals surface area (Å²) in [5, 5.41) is 5.36. The summed E-state index contributed by atoms with van der Waals surface area (Å²) >= 11 is 5.96. The number of halogens is 1. The molecule has 0 fully saturated rings. The molecule has 4 rings (SSSR count). The van der Waals surface area contributed by atoms with Crippen LogP contribution in [0.15, 0.2) is 66.4 Å². The summed E-state index contributed by atoms with van der Waals surface area (Å²) in [6.07, 6.45) is 5.08. The number of carbonyl (C=O) groups excluding carboxylic acids is 1. The van der Waals surface area contributed by atoms with E-state index >= 15 is 0 Å². The van der Waals surface area contributed by atoms with Crippen molar-refractivity contribution in [3.8, 4) is 0 Å². The maximum Gasteiger partial charge on any atom is 0.270 e. The van der Waals surface area contributed by atoms with Gasteiger partial charge in [-0.05, 0) is 49.6 Å². The first kappa shape index (κ1) is 19.6. The molecule has 1 amide bonds. The molecule has 150 valence electrons.